The first-order valence-electron chi connectivity index (χ1n) is 5.95. The normalized spacial score (nSPS) is 17.6. The number of benzene rings is 1. The second-order valence-electron chi connectivity index (χ2n) is 4.96. The minimum absolute atomic E-state index is 0.0460. The summed E-state index contributed by atoms with van der Waals surface area (Å²) in [6.45, 7) is 1.61. The van der Waals surface area contributed by atoms with Gasteiger partial charge in [0.1, 0.15) is 5.54 Å². The second-order valence-corrected chi connectivity index (χ2v) is 5.40. The molecule has 1 aromatic carbocycles. The molecule has 5 nitrogen and oxygen atoms in total. The van der Waals surface area contributed by atoms with Gasteiger partial charge in [-0.25, -0.2) is 4.79 Å². The van der Waals surface area contributed by atoms with Crippen molar-refractivity contribution < 1.29 is 14.7 Å². The third-order valence-electron chi connectivity index (χ3n) is 3.48. The molecule has 2 rings (SSSR count). The molecule has 0 saturated heterocycles. The minimum atomic E-state index is -1.12. The van der Waals surface area contributed by atoms with E-state index in [1.54, 1.807) is 13.0 Å². The van der Waals surface area contributed by atoms with E-state index in [1.165, 1.54) is 12.1 Å². The van der Waals surface area contributed by atoms with Crippen molar-refractivity contribution in [2.24, 2.45) is 11.7 Å². The first-order valence-corrected chi connectivity index (χ1v) is 6.33. The average Bonchev–Trinajstić information content (AvgIpc) is 3.12. The van der Waals surface area contributed by atoms with E-state index in [0.29, 0.717) is 10.7 Å². The number of nitrogens with one attached hydrogen (secondary N) is 1. The average molecular weight is 283 g/mol. The highest BCUT2D eigenvalue weighted by Crippen LogP contribution is 2.42. The molecule has 1 aromatic rings. The van der Waals surface area contributed by atoms with Crippen molar-refractivity contribution in [3.63, 3.8) is 0 Å². The Hall–Kier alpha value is -1.75. The van der Waals surface area contributed by atoms with E-state index >= 15 is 0 Å². The molecule has 0 heterocycles. The van der Waals surface area contributed by atoms with Gasteiger partial charge in [-0.15, -0.1) is 0 Å². The van der Waals surface area contributed by atoms with Crippen LogP contribution in [0.15, 0.2) is 18.2 Å². The number of primary amides is 1. The molecule has 1 aliphatic rings. The molecule has 1 aliphatic carbocycles. The number of hydrogen-bond donors (Lipinski definition) is 3. The van der Waals surface area contributed by atoms with Gasteiger partial charge in [0.15, 0.2) is 0 Å². The molecule has 4 N–H and O–H groups in total. The van der Waals surface area contributed by atoms with Crippen molar-refractivity contribution in [1.82, 2.24) is 0 Å². The van der Waals surface area contributed by atoms with Gasteiger partial charge in [-0.1, -0.05) is 11.6 Å². The van der Waals surface area contributed by atoms with Crippen LogP contribution in [0.4, 0.5) is 5.69 Å². The second kappa shape index (κ2) is 4.74. The molecule has 0 bridgehead atoms. The smallest absolute Gasteiger partial charge is 0.329 e. The summed E-state index contributed by atoms with van der Waals surface area (Å²) in [6.07, 6.45) is 1.70. The number of carbonyl (C=O) groups excluding carboxylic acids is 1. The largest absolute Gasteiger partial charge is 0.480 e. The number of aliphatic carboxylic acids is 1. The van der Waals surface area contributed by atoms with Crippen LogP contribution in [0.1, 0.15) is 30.1 Å². The van der Waals surface area contributed by atoms with Crippen LogP contribution >= 0.6 is 11.6 Å². The summed E-state index contributed by atoms with van der Waals surface area (Å²) in [4.78, 5) is 22.8. The van der Waals surface area contributed by atoms with E-state index in [9.17, 15) is 14.7 Å². The predicted octanol–water partition coefficient (Wildman–Crippen LogP) is 2.10. The number of rotatable bonds is 5. The zero-order valence-corrected chi connectivity index (χ0v) is 11.2. The third-order valence-corrected chi connectivity index (χ3v) is 3.71. The van der Waals surface area contributed by atoms with Gasteiger partial charge in [-0.05, 0) is 43.9 Å². The lowest BCUT2D eigenvalue weighted by Crippen LogP contribution is -2.46. The quantitative estimate of drug-likeness (QED) is 0.771. The number of amides is 1. The highest BCUT2D eigenvalue weighted by atomic mass is 35.5. The Labute approximate surface area is 115 Å². The van der Waals surface area contributed by atoms with Gasteiger partial charge in [-0.3, -0.25) is 4.79 Å². The topological polar surface area (TPSA) is 92.4 Å². The van der Waals surface area contributed by atoms with Gasteiger partial charge in [0.2, 0.25) is 0 Å². The summed E-state index contributed by atoms with van der Waals surface area (Å²) in [6, 6.07) is 4.55. The summed E-state index contributed by atoms with van der Waals surface area (Å²) in [5.41, 5.74) is 4.76. The van der Waals surface area contributed by atoms with Crippen LogP contribution < -0.4 is 11.1 Å². The predicted molar refractivity (Wildman–Crippen MR) is 72.4 cm³/mol. The van der Waals surface area contributed by atoms with Crippen molar-refractivity contribution in [3.8, 4) is 0 Å². The summed E-state index contributed by atoms with van der Waals surface area (Å²) < 4.78 is 0. The number of carboxylic acid groups (broad SMARTS) is 1. The zero-order valence-electron chi connectivity index (χ0n) is 10.4. The number of hydrogen-bond acceptors (Lipinski definition) is 3. The van der Waals surface area contributed by atoms with Crippen LogP contribution in [-0.4, -0.2) is 22.5 Å². The lowest BCUT2D eigenvalue weighted by Gasteiger charge is -2.28. The number of halogens is 1. The molecule has 6 heteroatoms. The highest BCUT2D eigenvalue weighted by molar-refractivity contribution is 6.31. The molecule has 1 unspecified atom stereocenters. The number of anilines is 1. The Morgan fingerprint density at radius 3 is 2.58 bits per heavy atom. The first-order chi connectivity index (χ1) is 8.84. The Morgan fingerprint density at radius 1 is 1.47 bits per heavy atom. The molecule has 1 saturated carbocycles. The van der Waals surface area contributed by atoms with Gasteiger partial charge < -0.3 is 16.2 Å². The third kappa shape index (κ3) is 2.66. The lowest BCUT2D eigenvalue weighted by atomic mass is 9.95. The van der Waals surface area contributed by atoms with E-state index < -0.39 is 17.4 Å². The molecular weight excluding hydrogens is 268 g/mol. The SMILES string of the molecule is CC(Nc1cc(Cl)ccc1C(N)=O)(C(=O)O)C1CC1. The summed E-state index contributed by atoms with van der Waals surface area (Å²) in [7, 11) is 0. The Kier molecular flexibility index (Phi) is 3.41. The fraction of sp³-hybridized carbons (Fsp3) is 0.385. The summed E-state index contributed by atoms with van der Waals surface area (Å²) in [5, 5.41) is 12.7. The monoisotopic (exact) mass is 282 g/mol. The molecule has 0 aromatic heterocycles. The maximum absolute atomic E-state index is 11.5. The maximum atomic E-state index is 11.5. The van der Waals surface area contributed by atoms with Crippen molar-refractivity contribution in [3.05, 3.63) is 28.8 Å². The van der Waals surface area contributed by atoms with Crippen molar-refractivity contribution >= 4 is 29.2 Å². The standard InChI is InChI=1S/C13H15ClN2O3/c1-13(12(18)19,7-2-3-7)16-10-6-8(14)4-5-9(10)11(15)17/h4-7,16H,2-3H2,1H3,(H2,15,17)(H,18,19). The van der Waals surface area contributed by atoms with Gasteiger partial charge >= 0.3 is 5.97 Å². The molecular formula is C13H15ClN2O3. The number of carbonyl (C=O) groups is 2. The maximum Gasteiger partial charge on any atom is 0.329 e. The van der Waals surface area contributed by atoms with Gasteiger partial charge in [0.25, 0.3) is 5.91 Å². The van der Waals surface area contributed by atoms with E-state index in [-0.39, 0.29) is 11.5 Å². The molecule has 102 valence electrons. The van der Waals surface area contributed by atoms with Crippen LogP contribution in [0.2, 0.25) is 5.02 Å². The zero-order chi connectivity index (χ0) is 14.2. The molecule has 1 atom stereocenters. The molecule has 1 amide bonds. The molecule has 0 radical (unpaired) electrons. The van der Waals surface area contributed by atoms with Crippen molar-refractivity contribution in [2.45, 2.75) is 25.3 Å². The Bertz CT molecular complexity index is 543. The molecule has 1 fully saturated rings. The Balaban J connectivity index is 2.38. The van der Waals surface area contributed by atoms with Gasteiger partial charge in [0, 0.05) is 10.7 Å². The Morgan fingerprint density at radius 2 is 2.11 bits per heavy atom. The van der Waals surface area contributed by atoms with Crippen LogP contribution in [0.5, 0.6) is 0 Å². The van der Waals surface area contributed by atoms with Crippen molar-refractivity contribution in [2.75, 3.05) is 5.32 Å². The molecule has 0 spiro atoms. The van der Waals surface area contributed by atoms with Gasteiger partial charge in [0.05, 0.1) is 5.56 Å². The minimum Gasteiger partial charge on any atom is -0.480 e. The van der Waals surface area contributed by atoms with E-state index in [4.69, 9.17) is 17.3 Å². The highest BCUT2D eigenvalue weighted by Gasteiger charge is 2.47. The van der Waals surface area contributed by atoms with E-state index in [1.807, 2.05) is 0 Å². The number of carboxylic acids is 1. The van der Waals surface area contributed by atoms with Gasteiger partial charge in [-0.2, -0.15) is 0 Å². The summed E-state index contributed by atoms with van der Waals surface area (Å²) in [5.74, 6) is -1.53. The first kappa shape index (κ1) is 13.7. The van der Waals surface area contributed by atoms with E-state index in [0.717, 1.165) is 12.8 Å². The van der Waals surface area contributed by atoms with E-state index in [2.05, 4.69) is 5.32 Å². The summed E-state index contributed by atoms with van der Waals surface area (Å²) >= 11 is 5.89. The van der Waals surface area contributed by atoms with Crippen LogP contribution in [0.25, 0.3) is 0 Å². The lowest BCUT2D eigenvalue weighted by molar-refractivity contribution is -0.142. The van der Waals surface area contributed by atoms with Crippen LogP contribution in [-0.2, 0) is 4.79 Å². The molecule has 0 aliphatic heterocycles. The van der Waals surface area contributed by atoms with Crippen LogP contribution in [0.3, 0.4) is 0 Å². The van der Waals surface area contributed by atoms with Crippen LogP contribution in [0, 0.1) is 5.92 Å². The number of nitrogens with two attached hydrogens (primary N) is 1. The fourth-order valence-corrected chi connectivity index (χ4v) is 2.28. The molecule has 19 heavy (non-hydrogen) atoms. The fourth-order valence-electron chi connectivity index (χ4n) is 2.11. The van der Waals surface area contributed by atoms with Crippen molar-refractivity contribution in [1.29, 1.82) is 0 Å².